The van der Waals surface area contributed by atoms with Crippen molar-refractivity contribution in [2.24, 2.45) is 0 Å². The molecule has 1 aromatic heterocycles. The number of hydrogen-bond acceptors (Lipinski definition) is 4. The maximum absolute atomic E-state index is 13.6. The smallest absolute Gasteiger partial charge is 0.254 e. The number of rotatable bonds is 3. The predicted octanol–water partition coefficient (Wildman–Crippen LogP) is 3.49. The van der Waals surface area contributed by atoms with Crippen molar-refractivity contribution >= 4 is 26.8 Å². The Morgan fingerprint density at radius 1 is 0.969 bits per heavy atom. The number of piperazine rings is 1. The van der Waals surface area contributed by atoms with Crippen LogP contribution in [-0.4, -0.2) is 54.7 Å². The third-order valence-corrected chi connectivity index (χ3v) is 8.66. The molecule has 2 aliphatic rings. The zero-order valence-corrected chi connectivity index (χ0v) is 19.3. The van der Waals surface area contributed by atoms with Crippen molar-refractivity contribution in [1.29, 1.82) is 0 Å². The van der Waals surface area contributed by atoms with Crippen LogP contribution in [0, 0.1) is 13.8 Å². The quantitative estimate of drug-likeness (QED) is 0.614. The number of para-hydroxylation sites is 1. The van der Waals surface area contributed by atoms with Crippen LogP contribution in [0.25, 0.3) is 10.9 Å². The molecule has 166 valence electrons. The van der Waals surface area contributed by atoms with Gasteiger partial charge in [0.2, 0.25) is 10.0 Å². The molecule has 0 saturated carbocycles. The van der Waals surface area contributed by atoms with E-state index in [9.17, 15) is 13.2 Å². The van der Waals surface area contributed by atoms with Crippen molar-refractivity contribution in [1.82, 2.24) is 14.2 Å². The van der Waals surface area contributed by atoms with E-state index in [1.54, 1.807) is 11.0 Å². The van der Waals surface area contributed by atoms with E-state index in [0.717, 1.165) is 58.1 Å². The van der Waals surface area contributed by atoms with Gasteiger partial charge in [0, 0.05) is 37.3 Å². The second kappa shape index (κ2) is 7.98. The van der Waals surface area contributed by atoms with Crippen LogP contribution in [0.1, 0.15) is 39.2 Å². The number of sulfonamides is 1. The summed E-state index contributed by atoms with van der Waals surface area (Å²) in [6.45, 7) is 5.08. The zero-order valence-electron chi connectivity index (χ0n) is 18.5. The number of aromatic nitrogens is 1. The number of carbonyl (C=O) groups is 1. The van der Waals surface area contributed by atoms with Crippen molar-refractivity contribution in [2.45, 2.75) is 38.0 Å². The molecule has 1 fully saturated rings. The van der Waals surface area contributed by atoms with Crippen LogP contribution in [0.2, 0.25) is 0 Å². The maximum atomic E-state index is 13.6. The number of pyridine rings is 1. The summed E-state index contributed by atoms with van der Waals surface area (Å²) in [5.41, 5.74) is 5.37. The first-order valence-electron chi connectivity index (χ1n) is 11.1. The Balaban J connectivity index is 1.41. The van der Waals surface area contributed by atoms with Crippen molar-refractivity contribution in [3.05, 3.63) is 70.4 Å². The molecule has 6 nitrogen and oxygen atoms in total. The first-order valence-corrected chi connectivity index (χ1v) is 12.6. The lowest BCUT2D eigenvalue weighted by atomic mass is 10.00. The molecule has 0 bridgehead atoms. The molecule has 1 amide bonds. The molecule has 0 atom stereocenters. The molecule has 0 spiro atoms. The van der Waals surface area contributed by atoms with Crippen LogP contribution >= 0.6 is 0 Å². The molecule has 2 aromatic carbocycles. The van der Waals surface area contributed by atoms with Crippen LogP contribution in [0.3, 0.4) is 0 Å². The van der Waals surface area contributed by atoms with Crippen molar-refractivity contribution in [2.75, 3.05) is 26.2 Å². The van der Waals surface area contributed by atoms with E-state index in [4.69, 9.17) is 4.98 Å². The number of hydrogen-bond donors (Lipinski definition) is 0. The van der Waals surface area contributed by atoms with Crippen LogP contribution in [-0.2, 0) is 22.9 Å². The summed E-state index contributed by atoms with van der Waals surface area (Å²) in [6, 6.07) is 13.3. The topological polar surface area (TPSA) is 70.6 Å². The Labute approximate surface area is 188 Å². The Kier molecular flexibility index (Phi) is 5.26. The first kappa shape index (κ1) is 21.1. The summed E-state index contributed by atoms with van der Waals surface area (Å²) in [5, 5.41) is 0.892. The number of fused-ring (bicyclic) bond motifs is 2. The molecule has 7 heteroatoms. The molecular formula is C25H27N3O3S. The summed E-state index contributed by atoms with van der Waals surface area (Å²) in [4.78, 5) is 20.6. The van der Waals surface area contributed by atoms with Gasteiger partial charge in [-0.25, -0.2) is 8.42 Å². The Bertz CT molecular complexity index is 1330. The van der Waals surface area contributed by atoms with Crippen LogP contribution < -0.4 is 0 Å². The summed E-state index contributed by atoms with van der Waals surface area (Å²) in [6.07, 6.45) is 2.79. The van der Waals surface area contributed by atoms with Crippen molar-refractivity contribution in [3.8, 4) is 0 Å². The highest BCUT2D eigenvalue weighted by atomic mass is 32.2. The van der Waals surface area contributed by atoms with Crippen LogP contribution in [0.15, 0.2) is 47.4 Å². The molecule has 3 aromatic rings. The van der Waals surface area contributed by atoms with E-state index in [0.29, 0.717) is 31.1 Å². The third kappa shape index (κ3) is 3.49. The van der Waals surface area contributed by atoms with E-state index in [2.05, 4.69) is 0 Å². The molecule has 2 heterocycles. The lowest BCUT2D eigenvalue weighted by Gasteiger charge is -2.34. The molecule has 0 radical (unpaired) electrons. The van der Waals surface area contributed by atoms with Crippen LogP contribution in [0.4, 0.5) is 0 Å². The number of carbonyl (C=O) groups excluding carboxylic acids is 1. The van der Waals surface area contributed by atoms with E-state index in [1.807, 2.05) is 50.2 Å². The van der Waals surface area contributed by atoms with E-state index in [1.165, 1.54) is 4.31 Å². The van der Waals surface area contributed by atoms with E-state index >= 15 is 0 Å². The summed E-state index contributed by atoms with van der Waals surface area (Å²) in [7, 11) is -3.59. The highest BCUT2D eigenvalue weighted by Crippen LogP contribution is 2.31. The van der Waals surface area contributed by atoms with Gasteiger partial charge >= 0.3 is 0 Å². The molecular weight excluding hydrogens is 422 g/mol. The minimum atomic E-state index is -3.59. The van der Waals surface area contributed by atoms with Gasteiger partial charge in [-0.3, -0.25) is 9.78 Å². The van der Waals surface area contributed by atoms with Crippen molar-refractivity contribution in [3.63, 3.8) is 0 Å². The van der Waals surface area contributed by atoms with Gasteiger partial charge in [0.1, 0.15) is 0 Å². The molecule has 0 N–H and O–H groups in total. The number of amides is 1. The van der Waals surface area contributed by atoms with Gasteiger partial charge in [0.15, 0.2) is 0 Å². The molecule has 1 aliphatic heterocycles. The minimum Gasteiger partial charge on any atom is -0.336 e. The van der Waals surface area contributed by atoms with E-state index < -0.39 is 10.0 Å². The van der Waals surface area contributed by atoms with Gasteiger partial charge in [-0.15, -0.1) is 0 Å². The van der Waals surface area contributed by atoms with Gasteiger partial charge in [0.25, 0.3) is 5.91 Å². The van der Waals surface area contributed by atoms with Gasteiger partial charge in [-0.1, -0.05) is 30.3 Å². The fraction of sp³-hybridized carbons (Fsp3) is 0.360. The van der Waals surface area contributed by atoms with Crippen molar-refractivity contribution < 1.29 is 13.2 Å². The second-order valence-electron chi connectivity index (χ2n) is 8.75. The van der Waals surface area contributed by atoms with Gasteiger partial charge in [-0.2, -0.15) is 4.31 Å². The van der Waals surface area contributed by atoms with E-state index in [-0.39, 0.29) is 5.91 Å². The highest BCUT2D eigenvalue weighted by Gasteiger charge is 2.33. The first-order chi connectivity index (χ1) is 15.4. The largest absolute Gasteiger partial charge is 0.336 e. The molecule has 1 aliphatic carbocycles. The molecule has 5 rings (SSSR count). The Morgan fingerprint density at radius 2 is 1.72 bits per heavy atom. The normalized spacial score (nSPS) is 17.0. The maximum Gasteiger partial charge on any atom is 0.254 e. The summed E-state index contributed by atoms with van der Waals surface area (Å²) in [5.74, 6) is -0.00876. The lowest BCUT2D eigenvalue weighted by Crippen LogP contribution is -2.50. The number of benzene rings is 2. The second-order valence-corrected chi connectivity index (χ2v) is 10.7. The van der Waals surface area contributed by atoms with Gasteiger partial charge < -0.3 is 4.90 Å². The molecule has 32 heavy (non-hydrogen) atoms. The minimum absolute atomic E-state index is 0.00876. The standard InChI is InChI=1S/C25H27N3O3S/c1-17-10-11-18(2)23(16-17)32(30,31)28-14-12-27(13-15-28)25(29)24-19-6-3-4-8-21(19)26-22-9-5-7-20(22)24/h3-4,6,8,10-11,16H,5,7,9,12-15H2,1-2H3. The zero-order chi connectivity index (χ0) is 22.5. The number of aryl methyl sites for hydroxylation is 3. The number of nitrogens with zero attached hydrogens (tertiary/aromatic N) is 3. The third-order valence-electron chi connectivity index (χ3n) is 6.62. The Hall–Kier alpha value is -2.77. The summed E-state index contributed by atoms with van der Waals surface area (Å²) >= 11 is 0. The van der Waals surface area contributed by atoms with Gasteiger partial charge in [0.05, 0.1) is 16.0 Å². The fourth-order valence-electron chi connectivity index (χ4n) is 4.87. The van der Waals surface area contributed by atoms with Crippen LogP contribution in [0.5, 0.6) is 0 Å². The van der Waals surface area contributed by atoms with Gasteiger partial charge in [-0.05, 0) is 61.9 Å². The molecule has 0 unspecified atom stereocenters. The average Bonchev–Trinajstić information content (AvgIpc) is 3.26. The highest BCUT2D eigenvalue weighted by molar-refractivity contribution is 7.89. The predicted molar refractivity (Wildman–Crippen MR) is 124 cm³/mol. The average molecular weight is 450 g/mol. The Morgan fingerprint density at radius 3 is 2.50 bits per heavy atom. The fourth-order valence-corrected chi connectivity index (χ4v) is 6.60. The monoisotopic (exact) mass is 449 g/mol. The molecule has 1 saturated heterocycles. The lowest BCUT2D eigenvalue weighted by molar-refractivity contribution is 0.0698. The SMILES string of the molecule is Cc1ccc(C)c(S(=O)(=O)N2CCN(C(=O)c3c4c(nc5ccccc35)CCC4)CC2)c1. The summed E-state index contributed by atoms with van der Waals surface area (Å²) < 4.78 is 28.0.